The summed E-state index contributed by atoms with van der Waals surface area (Å²) in [5.74, 6) is 1.28. The van der Waals surface area contributed by atoms with Crippen LogP contribution < -0.4 is 16.2 Å². The van der Waals surface area contributed by atoms with E-state index in [2.05, 4.69) is 19.2 Å². The largest absolute Gasteiger partial charge is 0.399 e. The summed E-state index contributed by atoms with van der Waals surface area (Å²) in [6.45, 7) is 4.46. The number of hydrogen-bond donors (Lipinski definition) is 3. The summed E-state index contributed by atoms with van der Waals surface area (Å²) in [5.41, 5.74) is 6.60. The van der Waals surface area contributed by atoms with Gasteiger partial charge in [-0.2, -0.15) is 0 Å². The van der Waals surface area contributed by atoms with Crippen molar-refractivity contribution < 1.29 is 8.42 Å². The molecule has 5 N–H and O–H groups in total. The number of nitrogens with one attached hydrogen (secondary N) is 1. The summed E-state index contributed by atoms with van der Waals surface area (Å²) in [5, 5.41) is 8.59. The highest BCUT2D eigenvalue weighted by molar-refractivity contribution is 7.89. The van der Waals surface area contributed by atoms with Gasteiger partial charge in [0.15, 0.2) is 0 Å². The highest BCUT2D eigenvalue weighted by atomic mass is 32.2. The van der Waals surface area contributed by atoms with Crippen molar-refractivity contribution in [3.8, 4) is 0 Å². The molecule has 2 atom stereocenters. The lowest BCUT2D eigenvalue weighted by atomic mass is 9.80. The molecule has 6 heteroatoms. The number of rotatable bonds is 3. The van der Waals surface area contributed by atoms with Gasteiger partial charge >= 0.3 is 0 Å². The number of benzene rings is 1. The van der Waals surface area contributed by atoms with E-state index in [-0.39, 0.29) is 10.9 Å². The SMILES string of the molecule is CC1CC(C)CC(Nc2ccc(N)cc2S(N)(=O)=O)C1. The molecular formula is C14H23N3O2S. The minimum Gasteiger partial charge on any atom is -0.399 e. The number of nitrogens with two attached hydrogens (primary N) is 2. The van der Waals surface area contributed by atoms with Crippen LogP contribution in [-0.4, -0.2) is 14.5 Å². The Bertz CT molecular complexity index is 576. The average molecular weight is 297 g/mol. The third-order valence-electron chi connectivity index (χ3n) is 3.85. The molecule has 1 aliphatic rings. The van der Waals surface area contributed by atoms with Crippen LogP contribution in [0.4, 0.5) is 11.4 Å². The van der Waals surface area contributed by atoms with Gasteiger partial charge in [0.1, 0.15) is 4.90 Å². The van der Waals surface area contributed by atoms with Gasteiger partial charge in [-0.05, 0) is 49.3 Å². The molecule has 0 amide bonds. The van der Waals surface area contributed by atoms with Crippen LogP contribution >= 0.6 is 0 Å². The van der Waals surface area contributed by atoms with Crippen LogP contribution in [0, 0.1) is 11.8 Å². The number of hydrogen-bond acceptors (Lipinski definition) is 4. The summed E-state index contributed by atoms with van der Waals surface area (Å²) < 4.78 is 23.3. The molecule has 0 bridgehead atoms. The Morgan fingerprint density at radius 3 is 2.30 bits per heavy atom. The van der Waals surface area contributed by atoms with Gasteiger partial charge in [-0.1, -0.05) is 13.8 Å². The van der Waals surface area contributed by atoms with E-state index in [1.165, 1.54) is 12.5 Å². The Hall–Kier alpha value is -1.27. The van der Waals surface area contributed by atoms with Crippen molar-refractivity contribution in [3.05, 3.63) is 18.2 Å². The van der Waals surface area contributed by atoms with Crippen LogP contribution in [0.2, 0.25) is 0 Å². The molecular weight excluding hydrogens is 274 g/mol. The fourth-order valence-electron chi connectivity index (χ4n) is 3.18. The van der Waals surface area contributed by atoms with E-state index in [0.29, 0.717) is 23.2 Å². The Balaban J connectivity index is 2.25. The lowest BCUT2D eigenvalue weighted by Gasteiger charge is -2.33. The molecule has 0 heterocycles. The Morgan fingerprint density at radius 2 is 1.75 bits per heavy atom. The van der Waals surface area contributed by atoms with Crippen molar-refractivity contribution in [3.63, 3.8) is 0 Å². The number of sulfonamides is 1. The molecule has 20 heavy (non-hydrogen) atoms. The van der Waals surface area contributed by atoms with Crippen molar-refractivity contribution in [2.24, 2.45) is 17.0 Å². The van der Waals surface area contributed by atoms with Gasteiger partial charge in [-0.25, -0.2) is 13.6 Å². The molecule has 1 fully saturated rings. The van der Waals surface area contributed by atoms with E-state index in [1.807, 2.05) is 0 Å². The van der Waals surface area contributed by atoms with Gasteiger partial charge in [0, 0.05) is 11.7 Å². The van der Waals surface area contributed by atoms with E-state index in [0.717, 1.165) is 12.8 Å². The highest BCUT2D eigenvalue weighted by Crippen LogP contribution is 2.32. The van der Waals surface area contributed by atoms with E-state index >= 15 is 0 Å². The first-order chi connectivity index (χ1) is 9.25. The zero-order valence-corrected chi connectivity index (χ0v) is 12.8. The summed E-state index contributed by atoms with van der Waals surface area (Å²) >= 11 is 0. The second-order valence-corrected chi connectivity index (χ2v) is 7.59. The van der Waals surface area contributed by atoms with Gasteiger partial charge in [0.2, 0.25) is 10.0 Å². The fraction of sp³-hybridized carbons (Fsp3) is 0.571. The first kappa shape index (κ1) is 15.1. The van der Waals surface area contributed by atoms with E-state index < -0.39 is 10.0 Å². The van der Waals surface area contributed by atoms with Gasteiger partial charge in [0.25, 0.3) is 0 Å². The first-order valence-corrected chi connectivity index (χ1v) is 8.49. The van der Waals surface area contributed by atoms with Crippen molar-refractivity contribution in [2.75, 3.05) is 11.1 Å². The molecule has 0 radical (unpaired) electrons. The zero-order valence-electron chi connectivity index (χ0n) is 12.0. The van der Waals surface area contributed by atoms with Gasteiger partial charge < -0.3 is 11.1 Å². The van der Waals surface area contributed by atoms with Gasteiger partial charge in [-0.3, -0.25) is 0 Å². The van der Waals surface area contributed by atoms with Crippen molar-refractivity contribution >= 4 is 21.4 Å². The molecule has 1 saturated carbocycles. The predicted molar refractivity (Wildman–Crippen MR) is 81.8 cm³/mol. The summed E-state index contributed by atoms with van der Waals surface area (Å²) in [7, 11) is -3.78. The second-order valence-electron chi connectivity index (χ2n) is 6.06. The Kier molecular flexibility index (Phi) is 4.25. The molecule has 2 rings (SSSR count). The quantitative estimate of drug-likeness (QED) is 0.744. The maximum atomic E-state index is 11.7. The van der Waals surface area contributed by atoms with Gasteiger partial charge in [-0.15, -0.1) is 0 Å². The second kappa shape index (κ2) is 5.61. The standard InChI is InChI=1S/C14H23N3O2S/c1-9-5-10(2)7-12(6-9)17-13-4-3-11(15)8-14(13)20(16,18)19/h3-4,8-10,12,17H,5-7,15H2,1-2H3,(H2,16,18,19). The zero-order chi connectivity index (χ0) is 14.9. The first-order valence-electron chi connectivity index (χ1n) is 6.94. The minimum absolute atomic E-state index is 0.0726. The summed E-state index contributed by atoms with van der Waals surface area (Å²) in [6.07, 6.45) is 3.31. The molecule has 2 unspecified atom stereocenters. The lowest BCUT2D eigenvalue weighted by molar-refractivity contribution is 0.280. The number of anilines is 2. The van der Waals surface area contributed by atoms with Crippen LogP contribution in [0.25, 0.3) is 0 Å². The fourth-order valence-corrected chi connectivity index (χ4v) is 3.91. The molecule has 1 aromatic rings. The highest BCUT2D eigenvalue weighted by Gasteiger charge is 2.25. The van der Waals surface area contributed by atoms with E-state index in [4.69, 9.17) is 10.9 Å². The normalized spacial score (nSPS) is 27.2. The number of primary sulfonamides is 1. The van der Waals surface area contributed by atoms with Gasteiger partial charge in [0.05, 0.1) is 5.69 Å². The van der Waals surface area contributed by atoms with Crippen LogP contribution in [-0.2, 0) is 10.0 Å². The Labute approximate surface area is 120 Å². The summed E-state index contributed by atoms with van der Waals surface area (Å²) in [6, 6.07) is 5.07. The van der Waals surface area contributed by atoms with Crippen LogP contribution in [0.1, 0.15) is 33.1 Å². The van der Waals surface area contributed by atoms with E-state index in [1.54, 1.807) is 12.1 Å². The third kappa shape index (κ3) is 3.64. The third-order valence-corrected chi connectivity index (χ3v) is 4.80. The maximum Gasteiger partial charge on any atom is 0.240 e. The molecule has 0 spiro atoms. The summed E-state index contributed by atoms with van der Waals surface area (Å²) in [4.78, 5) is 0.0726. The van der Waals surface area contributed by atoms with Crippen molar-refractivity contribution in [1.29, 1.82) is 0 Å². The Morgan fingerprint density at radius 1 is 1.15 bits per heavy atom. The van der Waals surface area contributed by atoms with Crippen molar-refractivity contribution in [2.45, 2.75) is 44.0 Å². The van der Waals surface area contributed by atoms with Crippen LogP contribution in [0.5, 0.6) is 0 Å². The molecule has 0 aliphatic heterocycles. The minimum atomic E-state index is -3.78. The van der Waals surface area contributed by atoms with E-state index in [9.17, 15) is 8.42 Å². The maximum absolute atomic E-state index is 11.7. The van der Waals surface area contributed by atoms with Crippen molar-refractivity contribution in [1.82, 2.24) is 0 Å². The van der Waals surface area contributed by atoms with Crippen LogP contribution in [0.15, 0.2) is 23.1 Å². The predicted octanol–water partition coefficient (Wildman–Crippen LogP) is 2.15. The monoisotopic (exact) mass is 297 g/mol. The molecule has 1 aliphatic carbocycles. The molecule has 0 saturated heterocycles. The lowest BCUT2D eigenvalue weighted by Crippen LogP contribution is -2.31. The average Bonchev–Trinajstić information content (AvgIpc) is 2.28. The molecule has 1 aromatic carbocycles. The molecule has 5 nitrogen and oxygen atoms in total. The molecule has 0 aromatic heterocycles. The number of nitrogen functional groups attached to an aromatic ring is 1. The van der Waals surface area contributed by atoms with Crippen LogP contribution in [0.3, 0.4) is 0 Å². The smallest absolute Gasteiger partial charge is 0.240 e. The molecule has 112 valence electrons. The topological polar surface area (TPSA) is 98.2 Å².